The molecule has 1 atom stereocenters. The zero-order valence-corrected chi connectivity index (χ0v) is 12.2. The van der Waals surface area contributed by atoms with Crippen molar-refractivity contribution in [2.45, 2.75) is 32.2 Å². The summed E-state index contributed by atoms with van der Waals surface area (Å²) in [7, 11) is 0. The molecule has 0 spiro atoms. The smallest absolute Gasteiger partial charge is 0.159 e. The molecule has 0 heterocycles. The number of hydrogen-bond acceptors (Lipinski definition) is 2. The molecule has 4 heteroatoms. The van der Waals surface area contributed by atoms with E-state index in [0.29, 0.717) is 17.9 Å². The molecule has 1 unspecified atom stereocenters. The molecule has 0 aromatic heterocycles. The van der Waals surface area contributed by atoms with E-state index >= 15 is 0 Å². The van der Waals surface area contributed by atoms with Crippen molar-refractivity contribution >= 4 is 0 Å². The van der Waals surface area contributed by atoms with Gasteiger partial charge in [-0.3, -0.25) is 11.3 Å². The Kier molecular flexibility index (Phi) is 5.04. The standard InChI is InChI=1S/C17H20F2N2/c1-11(2)13-5-3-12(4-6-13)9-17(21-20)14-7-8-15(18)16(19)10-14/h3-8,10-11,17,21H,9,20H2,1-2H3. The van der Waals surface area contributed by atoms with Crippen LogP contribution in [0, 0.1) is 11.6 Å². The molecular formula is C17H20F2N2. The van der Waals surface area contributed by atoms with Crippen molar-refractivity contribution in [3.63, 3.8) is 0 Å². The summed E-state index contributed by atoms with van der Waals surface area (Å²) in [6.07, 6.45) is 0.611. The lowest BCUT2D eigenvalue weighted by molar-refractivity contribution is 0.497. The first kappa shape index (κ1) is 15.6. The molecule has 0 saturated heterocycles. The van der Waals surface area contributed by atoms with Crippen molar-refractivity contribution in [1.82, 2.24) is 5.43 Å². The maximum Gasteiger partial charge on any atom is 0.159 e. The lowest BCUT2D eigenvalue weighted by Crippen LogP contribution is -2.29. The summed E-state index contributed by atoms with van der Waals surface area (Å²) in [4.78, 5) is 0. The zero-order chi connectivity index (χ0) is 15.4. The van der Waals surface area contributed by atoms with Crippen molar-refractivity contribution < 1.29 is 8.78 Å². The number of halogens is 2. The number of rotatable bonds is 5. The van der Waals surface area contributed by atoms with Gasteiger partial charge in [0.15, 0.2) is 11.6 Å². The first-order chi connectivity index (χ1) is 10.0. The summed E-state index contributed by atoms with van der Waals surface area (Å²) in [5.41, 5.74) is 5.65. The number of nitrogens with one attached hydrogen (secondary N) is 1. The van der Waals surface area contributed by atoms with Gasteiger partial charge in [0.2, 0.25) is 0 Å². The van der Waals surface area contributed by atoms with Gasteiger partial charge in [0.1, 0.15) is 0 Å². The molecule has 2 nitrogen and oxygen atoms in total. The minimum atomic E-state index is -0.858. The third-order valence-corrected chi connectivity index (χ3v) is 3.63. The van der Waals surface area contributed by atoms with Gasteiger partial charge in [0.25, 0.3) is 0 Å². The van der Waals surface area contributed by atoms with Crippen molar-refractivity contribution in [2.24, 2.45) is 5.84 Å². The molecule has 2 rings (SSSR count). The van der Waals surface area contributed by atoms with Gasteiger partial charge in [0.05, 0.1) is 6.04 Å². The SMILES string of the molecule is CC(C)c1ccc(CC(NN)c2ccc(F)c(F)c2)cc1. The highest BCUT2D eigenvalue weighted by atomic mass is 19.2. The van der Waals surface area contributed by atoms with Gasteiger partial charge in [-0.1, -0.05) is 44.2 Å². The summed E-state index contributed by atoms with van der Waals surface area (Å²) < 4.78 is 26.3. The average Bonchev–Trinajstić information content (AvgIpc) is 2.48. The van der Waals surface area contributed by atoms with E-state index in [1.807, 2.05) is 12.1 Å². The molecule has 2 aromatic carbocycles. The minimum absolute atomic E-state index is 0.259. The van der Waals surface area contributed by atoms with Crippen LogP contribution in [0.15, 0.2) is 42.5 Å². The predicted molar refractivity (Wildman–Crippen MR) is 80.7 cm³/mol. The molecule has 0 amide bonds. The molecule has 0 saturated carbocycles. The highest BCUT2D eigenvalue weighted by Gasteiger charge is 2.13. The lowest BCUT2D eigenvalue weighted by Gasteiger charge is -2.17. The molecular weight excluding hydrogens is 270 g/mol. The lowest BCUT2D eigenvalue weighted by atomic mass is 9.96. The summed E-state index contributed by atoms with van der Waals surface area (Å²) in [6.45, 7) is 4.28. The quantitative estimate of drug-likeness (QED) is 0.648. The Bertz CT molecular complexity index is 594. The van der Waals surface area contributed by atoms with E-state index in [2.05, 4.69) is 31.4 Å². The zero-order valence-electron chi connectivity index (χ0n) is 12.2. The molecule has 0 fully saturated rings. The fourth-order valence-corrected chi connectivity index (χ4v) is 2.28. The van der Waals surface area contributed by atoms with E-state index in [0.717, 1.165) is 11.6 Å². The van der Waals surface area contributed by atoms with E-state index < -0.39 is 11.6 Å². The van der Waals surface area contributed by atoms with E-state index in [-0.39, 0.29) is 6.04 Å². The summed E-state index contributed by atoms with van der Waals surface area (Å²) >= 11 is 0. The van der Waals surface area contributed by atoms with Crippen LogP contribution in [0.25, 0.3) is 0 Å². The van der Waals surface area contributed by atoms with Crippen molar-refractivity contribution in [3.05, 3.63) is 70.8 Å². The van der Waals surface area contributed by atoms with Crippen molar-refractivity contribution in [1.29, 1.82) is 0 Å². The maximum absolute atomic E-state index is 13.3. The molecule has 21 heavy (non-hydrogen) atoms. The largest absolute Gasteiger partial charge is 0.271 e. The highest BCUT2D eigenvalue weighted by molar-refractivity contribution is 5.28. The Balaban J connectivity index is 2.16. The van der Waals surface area contributed by atoms with Crippen LogP contribution < -0.4 is 11.3 Å². The van der Waals surface area contributed by atoms with Gasteiger partial charge >= 0.3 is 0 Å². The third kappa shape index (κ3) is 3.86. The Labute approximate surface area is 124 Å². The molecule has 0 bridgehead atoms. The second-order valence-corrected chi connectivity index (χ2v) is 5.49. The normalized spacial score (nSPS) is 12.7. The number of hydrogen-bond donors (Lipinski definition) is 2. The van der Waals surface area contributed by atoms with Crippen LogP contribution >= 0.6 is 0 Å². The van der Waals surface area contributed by atoms with Gasteiger partial charge < -0.3 is 0 Å². The monoisotopic (exact) mass is 290 g/mol. The first-order valence-corrected chi connectivity index (χ1v) is 7.01. The molecule has 0 aliphatic rings. The Morgan fingerprint density at radius 3 is 2.10 bits per heavy atom. The number of benzene rings is 2. The molecule has 112 valence electrons. The Morgan fingerprint density at radius 2 is 1.57 bits per heavy atom. The van der Waals surface area contributed by atoms with Crippen LogP contribution in [-0.2, 0) is 6.42 Å². The number of hydrazine groups is 1. The summed E-state index contributed by atoms with van der Waals surface area (Å²) in [5, 5.41) is 0. The maximum atomic E-state index is 13.3. The van der Waals surface area contributed by atoms with Crippen LogP contribution in [0.5, 0.6) is 0 Å². The van der Waals surface area contributed by atoms with E-state index in [9.17, 15) is 8.78 Å². The molecule has 2 aromatic rings. The fourth-order valence-electron chi connectivity index (χ4n) is 2.28. The second kappa shape index (κ2) is 6.78. The minimum Gasteiger partial charge on any atom is -0.271 e. The van der Waals surface area contributed by atoms with Crippen LogP contribution in [0.3, 0.4) is 0 Å². The Morgan fingerprint density at radius 1 is 0.952 bits per heavy atom. The molecule has 3 N–H and O–H groups in total. The summed E-state index contributed by atoms with van der Waals surface area (Å²) in [5.74, 6) is 4.32. The molecule has 0 aliphatic heterocycles. The fraction of sp³-hybridized carbons (Fsp3) is 0.294. The van der Waals surface area contributed by atoms with E-state index in [4.69, 9.17) is 5.84 Å². The Hall–Kier alpha value is -1.78. The molecule has 0 aliphatic carbocycles. The number of nitrogens with two attached hydrogens (primary N) is 1. The van der Waals surface area contributed by atoms with Crippen LogP contribution in [0.2, 0.25) is 0 Å². The van der Waals surface area contributed by atoms with Crippen LogP contribution in [0.1, 0.15) is 42.5 Å². The highest BCUT2D eigenvalue weighted by Crippen LogP contribution is 2.21. The van der Waals surface area contributed by atoms with Crippen LogP contribution in [0.4, 0.5) is 8.78 Å². The average molecular weight is 290 g/mol. The predicted octanol–water partition coefficient (Wildman–Crippen LogP) is 3.84. The summed E-state index contributed by atoms with van der Waals surface area (Å²) in [6, 6.07) is 11.8. The molecule has 0 radical (unpaired) electrons. The van der Waals surface area contributed by atoms with Gasteiger partial charge in [-0.2, -0.15) is 0 Å². The van der Waals surface area contributed by atoms with Crippen LogP contribution in [-0.4, -0.2) is 0 Å². The topological polar surface area (TPSA) is 38.0 Å². The van der Waals surface area contributed by atoms with Crippen molar-refractivity contribution in [2.75, 3.05) is 0 Å². The van der Waals surface area contributed by atoms with Gasteiger partial charge in [-0.25, -0.2) is 8.78 Å². The third-order valence-electron chi connectivity index (χ3n) is 3.63. The van der Waals surface area contributed by atoms with Gasteiger partial charge in [-0.15, -0.1) is 0 Å². The first-order valence-electron chi connectivity index (χ1n) is 7.01. The van der Waals surface area contributed by atoms with E-state index in [1.54, 1.807) is 6.07 Å². The van der Waals surface area contributed by atoms with Crippen molar-refractivity contribution in [3.8, 4) is 0 Å². The van der Waals surface area contributed by atoms with Gasteiger partial charge in [0, 0.05) is 0 Å². The van der Waals surface area contributed by atoms with Gasteiger partial charge in [-0.05, 0) is 41.2 Å². The second-order valence-electron chi connectivity index (χ2n) is 5.49. The van der Waals surface area contributed by atoms with E-state index in [1.165, 1.54) is 11.6 Å².